The third-order valence-electron chi connectivity index (χ3n) is 5.54. The van der Waals surface area contributed by atoms with Crippen LogP contribution in [0, 0.1) is 10.1 Å². The number of benzene rings is 1. The van der Waals surface area contributed by atoms with Gasteiger partial charge in [-0.3, -0.25) is 19.8 Å². The number of nitrogens with zero attached hydrogens (tertiary/aromatic N) is 3. The number of nitro benzene ring substituents is 1. The molecule has 0 saturated carbocycles. The molecule has 0 spiro atoms. The minimum atomic E-state index is -0.392. The highest BCUT2D eigenvalue weighted by atomic mass is 16.6. The molecule has 7 heteroatoms. The molecule has 1 unspecified atom stereocenters. The van der Waals surface area contributed by atoms with E-state index in [1.165, 1.54) is 32.5 Å². The number of piperidine rings is 1. The molecule has 3 rings (SSSR count). The lowest BCUT2D eigenvalue weighted by Crippen LogP contribution is -2.46. The zero-order valence-corrected chi connectivity index (χ0v) is 14.9. The van der Waals surface area contributed by atoms with E-state index >= 15 is 0 Å². The number of likely N-dealkylation sites (tertiary alicyclic amines) is 1. The summed E-state index contributed by atoms with van der Waals surface area (Å²) in [5, 5.41) is 14.0. The molecule has 0 radical (unpaired) electrons. The zero-order chi connectivity index (χ0) is 18.0. The number of anilines is 1. The highest BCUT2D eigenvalue weighted by Gasteiger charge is 2.32. The number of hydrogen-bond acceptors (Lipinski definition) is 5. The number of rotatable bonds is 4. The summed E-state index contributed by atoms with van der Waals surface area (Å²) in [6.07, 6.45) is 4.60. The molecule has 2 fully saturated rings. The fourth-order valence-electron chi connectivity index (χ4n) is 4.16. The van der Waals surface area contributed by atoms with Crippen LogP contribution in [-0.4, -0.2) is 54.5 Å². The van der Waals surface area contributed by atoms with Crippen LogP contribution in [0.4, 0.5) is 11.4 Å². The summed E-state index contributed by atoms with van der Waals surface area (Å²) in [7, 11) is 1.52. The lowest BCUT2D eigenvalue weighted by molar-refractivity contribution is -0.384. The second-order valence-electron chi connectivity index (χ2n) is 6.99. The fraction of sp³-hybridized carbons (Fsp3) is 0.611. The molecule has 0 bridgehead atoms. The fourth-order valence-corrected chi connectivity index (χ4v) is 4.16. The van der Waals surface area contributed by atoms with Gasteiger partial charge in [0.05, 0.1) is 4.92 Å². The van der Waals surface area contributed by atoms with Crippen LogP contribution < -0.4 is 10.2 Å². The first kappa shape index (κ1) is 17.7. The van der Waals surface area contributed by atoms with Crippen LogP contribution in [0.3, 0.4) is 0 Å². The van der Waals surface area contributed by atoms with Gasteiger partial charge in [-0.15, -0.1) is 0 Å². The highest BCUT2D eigenvalue weighted by Crippen LogP contribution is 2.33. The Bertz CT molecular complexity index is 656. The quantitative estimate of drug-likeness (QED) is 0.669. The molecule has 2 heterocycles. The maximum atomic E-state index is 11.7. The van der Waals surface area contributed by atoms with E-state index < -0.39 is 4.92 Å². The van der Waals surface area contributed by atoms with E-state index in [9.17, 15) is 14.9 Å². The van der Waals surface area contributed by atoms with E-state index in [1.807, 2.05) is 0 Å². The van der Waals surface area contributed by atoms with Gasteiger partial charge in [-0.05, 0) is 51.3 Å². The molecule has 25 heavy (non-hydrogen) atoms. The molecule has 0 aromatic heterocycles. The van der Waals surface area contributed by atoms with Crippen LogP contribution in [0.2, 0.25) is 0 Å². The number of carbonyl (C=O) groups is 1. The summed E-state index contributed by atoms with van der Waals surface area (Å²) in [5.41, 5.74) is 0.943. The summed E-state index contributed by atoms with van der Waals surface area (Å²) in [6, 6.07) is 5.98. The lowest BCUT2D eigenvalue weighted by atomic mass is 10.0. The van der Waals surface area contributed by atoms with Crippen LogP contribution in [0.1, 0.15) is 43.0 Å². The van der Waals surface area contributed by atoms with Crippen molar-refractivity contribution in [3.8, 4) is 0 Å². The number of nitro groups is 1. The van der Waals surface area contributed by atoms with Gasteiger partial charge in [0, 0.05) is 43.9 Å². The third-order valence-corrected chi connectivity index (χ3v) is 5.54. The van der Waals surface area contributed by atoms with Gasteiger partial charge < -0.3 is 10.2 Å². The number of hydrogen-bond donors (Lipinski definition) is 1. The maximum Gasteiger partial charge on any atom is 0.293 e. The van der Waals surface area contributed by atoms with Crippen LogP contribution >= 0.6 is 0 Å². The van der Waals surface area contributed by atoms with Crippen molar-refractivity contribution >= 4 is 17.3 Å². The van der Waals surface area contributed by atoms with Crippen molar-refractivity contribution in [2.45, 2.75) is 44.7 Å². The Labute approximate surface area is 148 Å². The van der Waals surface area contributed by atoms with Gasteiger partial charge in [0.15, 0.2) is 0 Å². The Morgan fingerprint density at radius 1 is 1.24 bits per heavy atom. The van der Waals surface area contributed by atoms with Crippen molar-refractivity contribution in [3.63, 3.8) is 0 Å². The molecule has 1 aromatic rings. The van der Waals surface area contributed by atoms with Crippen LogP contribution in [-0.2, 0) is 0 Å². The van der Waals surface area contributed by atoms with E-state index in [0.29, 0.717) is 23.3 Å². The first-order chi connectivity index (χ1) is 12.0. The summed E-state index contributed by atoms with van der Waals surface area (Å²) in [5.74, 6) is -0.309. The first-order valence-electron chi connectivity index (χ1n) is 9.02. The minimum absolute atomic E-state index is 0.00842. The van der Waals surface area contributed by atoms with Crippen LogP contribution in [0.25, 0.3) is 0 Å². The average Bonchev–Trinajstić information content (AvgIpc) is 3.06. The molecule has 2 saturated heterocycles. The minimum Gasteiger partial charge on any atom is -0.366 e. The van der Waals surface area contributed by atoms with Crippen molar-refractivity contribution in [3.05, 3.63) is 33.9 Å². The maximum absolute atomic E-state index is 11.7. The Morgan fingerprint density at radius 2 is 1.96 bits per heavy atom. The van der Waals surface area contributed by atoms with Crippen molar-refractivity contribution in [2.24, 2.45) is 0 Å². The monoisotopic (exact) mass is 346 g/mol. The highest BCUT2D eigenvalue weighted by molar-refractivity contribution is 5.95. The SMILES string of the molecule is CNC(=O)c1ccc(N2CCC(N3CCCC3C)CC2)c([N+](=O)[O-])c1. The standard InChI is InChI=1S/C18H26N4O3/c1-13-4-3-9-21(13)15-7-10-20(11-8-15)16-6-5-14(18(23)19-2)12-17(16)22(24)25/h5-6,12-13,15H,3-4,7-11H2,1-2H3,(H,19,23). The summed E-state index contributed by atoms with van der Waals surface area (Å²) in [4.78, 5) is 27.5. The van der Waals surface area contributed by atoms with Crippen molar-refractivity contribution in [1.82, 2.24) is 10.2 Å². The molecule has 0 aliphatic carbocycles. The molecule has 7 nitrogen and oxygen atoms in total. The number of carbonyl (C=O) groups excluding carboxylic acids is 1. The van der Waals surface area contributed by atoms with Gasteiger partial charge in [0.2, 0.25) is 0 Å². The number of nitrogens with one attached hydrogen (secondary N) is 1. The molecule has 2 aliphatic heterocycles. The van der Waals surface area contributed by atoms with Gasteiger partial charge in [0.1, 0.15) is 5.69 Å². The predicted octanol–water partition coefficient (Wildman–Crippen LogP) is 2.41. The lowest BCUT2D eigenvalue weighted by Gasteiger charge is -2.39. The van der Waals surface area contributed by atoms with Gasteiger partial charge in [-0.2, -0.15) is 0 Å². The van der Waals surface area contributed by atoms with Gasteiger partial charge in [-0.1, -0.05) is 0 Å². The van der Waals surface area contributed by atoms with Crippen molar-refractivity contribution in [2.75, 3.05) is 31.6 Å². The molecular weight excluding hydrogens is 320 g/mol. The van der Waals surface area contributed by atoms with E-state index in [4.69, 9.17) is 0 Å². The normalized spacial score (nSPS) is 22.2. The average molecular weight is 346 g/mol. The molecule has 1 amide bonds. The van der Waals surface area contributed by atoms with Gasteiger partial charge >= 0.3 is 0 Å². The topological polar surface area (TPSA) is 78.7 Å². The van der Waals surface area contributed by atoms with Crippen molar-refractivity contribution < 1.29 is 9.72 Å². The van der Waals surface area contributed by atoms with E-state index in [1.54, 1.807) is 12.1 Å². The van der Waals surface area contributed by atoms with Gasteiger partial charge in [-0.25, -0.2) is 0 Å². The Kier molecular flexibility index (Phi) is 5.22. The Morgan fingerprint density at radius 3 is 2.52 bits per heavy atom. The molecule has 136 valence electrons. The van der Waals surface area contributed by atoms with Gasteiger partial charge in [0.25, 0.3) is 11.6 Å². The Hall–Kier alpha value is -2.15. The molecule has 1 atom stereocenters. The first-order valence-corrected chi connectivity index (χ1v) is 9.02. The molecule has 1 N–H and O–H groups in total. The molecule has 2 aliphatic rings. The second-order valence-corrected chi connectivity index (χ2v) is 6.99. The smallest absolute Gasteiger partial charge is 0.293 e. The summed E-state index contributed by atoms with van der Waals surface area (Å²) >= 11 is 0. The van der Waals surface area contributed by atoms with Crippen molar-refractivity contribution in [1.29, 1.82) is 0 Å². The summed E-state index contributed by atoms with van der Waals surface area (Å²) < 4.78 is 0. The van der Waals surface area contributed by atoms with Crippen LogP contribution in [0.15, 0.2) is 18.2 Å². The summed E-state index contributed by atoms with van der Waals surface area (Å²) in [6.45, 7) is 5.09. The zero-order valence-electron chi connectivity index (χ0n) is 14.9. The largest absolute Gasteiger partial charge is 0.366 e. The molecule has 1 aromatic carbocycles. The molecular formula is C18H26N4O3. The van der Waals surface area contributed by atoms with E-state index in [2.05, 4.69) is 22.0 Å². The van der Waals surface area contributed by atoms with E-state index in [-0.39, 0.29) is 11.6 Å². The predicted molar refractivity (Wildman–Crippen MR) is 97.1 cm³/mol. The Balaban J connectivity index is 1.74. The van der Waals surface area contributed by atoms with E-state index in [0.717, 1.165) is 25.9 Å². The number of amides is 1. The van der Waals surface area contributed by atoms with Crippen LogP contribution in [0.5, 0.6) is 0 Å². The second kappa shape index (κ2) is 7.39. The third kappa shape index (κ3) is 3.61.